The highest BCUT2D eigenvalue weighted by Gasteiger charge is 2.20. The number of amides is 1. The SMILES string of the molecule is O=C(NOCCO)c1nc2ccncn2c1Nc1ccc(I)cc1F. The number of imidazole rings is 1. The Balaban J connectivity index is 1.99. The molecule has 130 valence electrons. The highest BCUT2D eigenvalue weighted by molar-refractivity contribution is 14.1. The van der Waals surface area contributed by atoms with Crippen LogP contribution in [0.2, 0.25) is 0 Å². The van der Waals surface area contributed by atoms with E-state index in [0.717, 1.165) is 3.57 Å². The van der Waals surface area contributed by atoms with Crippen molar-refractivity contribution in [3.05, 3.63) is 51.9 Å². The molecule has 2 heterocycles. The van der Waals surface area contributed by atoms with Gasteiger partial charge in [-0.2, -0.15) is 0 Å². The van der Waals surface area contributed by atoms with Crippen molar-refractivity contribution in [2.75, 3.05) is 18.5 Å². The summed E-state index contributed by atoms with van der Waals surface area (Å²) in [5.41, 5.74) is 2.83. The van der Waals surface area contributed by atoms with Crippen molar-refractivity contribution < 1.29 is 19.1 Å². The van der Waals surface area contributed by atoms with E-state index < -0.39 is 11.7 Å². The van der Waals surface area contributed by atoms with Gasteiger partial charge in [-0.3, -0.25) is 14.0 Å². The van der Waals surface area contributed by atoms with Crippen LogP contribution in [0.3, 0.4) is 0 Å². The molecule has 0 aliphatic heterocycles. The molecular formula is C15H13FIN5O3. The molecule has 0 spiro atoms. The van der Waals surface area contributed by atoms with Crippen LogP contribution in [-0.4, -0.2) is 38.6 Å². The van der Waals surface area contributed by atoms with Gasteiger partial charge in [-0.15, -0.1) is 0 Å². The van der Waals surface area contributed by atoms with Gasteiger partial charge in [-0.05, 0) is 46.9 Å². The third-order valence-electron chi connectivity index (χ3n) is 3.19. The van der Waals surface area contributed by atoms with Gasteiger partial charge in [0, 0.05) is 9.77 Å². The second-order valence-corrected chi connectivity index (χ2v) is 6.12. The summed E-state index contributed by atoms with van der Waals surface area (Å²) in [6, 6.07) is 6.28. The molecule has 3 aromatic rings. The molecule has 0 radical (unpaired) electrons. The molecule has 0 bridgehead atoms. The maximum absolute atomic E-state index is 14.2. The van der Waals surface area contributed by atoms with Gasteiger partial charge in [0.2, 0.25) is 0 Å². The van der Waals surface area contributed by atoms with Gasteiger partial charge in [0.15, 0.2) is 5.69 Å². The predicted octanol–water partition coefficient (Wildman–Crippen LogP) is 1.87. The maximum atomic E-state index is 14.2. The van der Waals surface area contributed by atoms with Crippen LogP contribution in [0.15, 0.2) is 36.8 Å². The molecule has 0 fully saturated rings. The number of nitrogens with zero attached hydrogens (tertiary/aromatic N) is 3. The van der Waals surface area contributed by atoms with Crippen molar-refractivity contribution in [2.45, 2.75) is 0 Å². The van der Waals surface area contributed by atoms with Crippen molar-refractivity contribution in [2.24, 2.45) is 0 Å². The number of benzene rings is 1. The average Bonchev–Trinajstić information content (AvgIpc) is 2.96. The van der Waals surface area contributed by atoms with E-state index in [0.29, 0.717) is 5.65 Å². The number of anilines is 2. The molecule has 2 aromatic heterocycles. The van der Waals surface area contributed by atoms with Crippen molar-refractivity contribution in [3.8, 4) is 0 Å². The number of halogens is 2. The van der Waals surface area contributed by atoms with E-state index in [-0.39, 0.29) is 30.4 Å². The zero-order chi connectivity index (χ0) is 17.8. The number of hydrogen-bond acceptors (Lipinski definition) is 6. The fourth-order valence-corrected chi connectivity index (χ4v) is 2.56. The largest absolute Gasteiger partial charge is 0.394 e. The molecule has 0 aliphatic rings. The van der Waals surface area contributed by atoms with E-state index in [1.165, 1.54) is 23.0 Å². The standard InChI is InChI=1S/C15H13FIN5O3/c16-10-7-9(17)1-2-11(10)19-14-13(15(24)21-25-6-5-23)20-12-3-4-18-8-22(12)14/h1-4,7-8,19,23H,5-6H2,(H,21,24). The topological polar surface area (TPSA) is 101 Å². The van der Waals surface area contributed by atoms with Gasteiger partial charge in [-0.25, -0.2) is 19.8 Å². The van der Waals surface area contributed by atoms with Gasteiger partial charge in [-0.1, -0.05) is 0 Å². The first-order valence-electron chi connectivity index (χ1n) is 7.17. The second-order valence-electron chi connectivity index (χ2n) is 4.87. The lowest BCUT2D eigenvalue weighted by Gasteiger charge is -2.10. The molecule has 0 aliphatic carbocycles. The Labute approximate surface area is 155 Å². The number of fused-ring (bicyclic) bond motifs is 1. The van der Waals surface area contributed by atoms with Crippen LogP contribution in [0, 0.1) is 9.39 Å². The van der Waals surface area contributed by atoms with Crippen molar-refractivity contribution in [3.63, 3.8) is 0 Å². The third kappa shape index (κ3) is 3.86. The quantitative estimate of drug-likeness (QED) is 0.297. The number of carbonyl (C=O) groups excluding carboxylic acids is 1. The molecular weight excluding hydrogens is 444 g/mol. The summed E-state index contributed by atoms with van der Waals surface area (Å²) in [6.45, 7) is -0.302. The summed E-state index contributed by atoms with van der Waals surface area (Å²) in [5, 5.41) is 11.6. The molecule has 3 N–H and O–H groups in total. The average molecular weight is 457 g/mol. The number of aliphatic hydroxyl groups excluding tert-OH is 1. The summed E-state index contributed by atoms with van der Waals surface area (Å²) in [6.07, 6.45) is 2.99. The van der Waals surface area contributed by atoms with E-state index in [1.807, 2.05) is 22.6 Å². The Hall–Kier alpha value is -2.31. The minimum atomic E-state index is -0.634. The summed E-state index contributed by atoms with van der Waals surface area (Å²) < 4.78 is 16.4. The second kappa shape index (κ2) is 7.72. The minimum Gasteiger partial charge on any atom is -0.394 e. The molecule has 0 atom stereocenters. The summed E-state index contributed by atoms with van der Waals surface area (Å²) in [4.78, 5) is 25.3. The Morgan fingerprint density at radius 2 is 2.24 bits per heavy atom. The summed E-state index contributed by atoms with van der Waals surface area (Å²) in [5.74, 6) is -0.854. The first kappa shape index (κ1) is 17.5. The van der Waals surface area contributed by atoms with E-state index in [1.54, 1.807) is 18.2 Å². The molecule has 25 heavy (non-hydrogen) atoms. The zero-order valence-electron chi connectivity index (χ0n) is 12.7. The first-order valence-corrected chi connectivity index (χ1v) is 8.25. The minimum absolute atomic E-state index is 0.00360. The number of nitrogens with one attached hydrogen (secondary N) is 2. The fourth-order valence-electron chi connectivity index (χ4n) is 2.11. The zero-order valence-corrected chi connectivity index (χ0v) is 14.9. The molecule has 3 rings (SSSR count). The number of aliphatic hydroxyl groups is 1. The molecule has 1 aromatic carbocycles. The van der Waals surface area contributed by atoms with Crippen molar-refractivity contribution in [1.82, 2.24) is 19.8 Å². The van der Waals surface area contributed by atoms with Gasteiger partial charge in [0.25, 0.3) is 5.91 Å². The predicted molar refractivity (Wildman–Crippen MR) is 95.9 cm³/mol. The number of hydrogen-bond donors (Lipinski definition) is 3. The van der Waals surface area contributed by atoms with Crippen LogP contribution >= 0.6 is 22.6 Å². The highest BCUT2D eigenvalue weighted by atomic mass is 127. The number of rotatable bonds is 6. The number of hydroxylamine groups is 1. The smallest absolute Gasteiger partial charge is 0.297 e. The molecule has 0 unspecified atom stereocenters. The van der Waals surface area contributed by atoms with E-state index in [9.17, 15) is 9.18 Å². The highest BCUT2D eigenvalue weighted by Crippen LogP contribution is 2.25. The molecule has 10 heteroatoms. The van der Waals surface area contributed by atoms with Gasteiger partial charge >= 0.3 is 0 Å². The lowest BCUT2D eigenvalue weighted by molar-refractivity contribution is 0.0166. The lowest BCUT2D eigenvalue weighted by atomic mass is 10.3. The van der Waals surface area contributed by atoms with Crippen molar-refractivity contribution in [1.29, 1.82) is 0 Å². The normalized spacial score (nSPS) is 10.8. The Morgan fingerprint density at radius 1 is 1.40 bits per heavy atom. The van der Waals surface area contributed by atoms with Crippen LogP contribution < -0.4 is 10.8 Å². The molecule has 0 saturated heterocycles. The van der Waals surface area contributed by atoms with Crippen LogP contribution in [-0.2, 0) is 4.84 Å². The fraction of sp³-hybridized carbons (Fsp3) is 0.133. The van der Waals surface area contributed by atoms with Crippen LogP contribution in [0.4, 0.5) is 15.9 Å². The van der Waals surface area contributed by atoms with Crippen LogP contribution in [0.25, 0.3) is 5.65 Å². The lowest BCUT2D eigenvalue weighted by Crippen LogP contribution is -2.26. The van der Waals surface area contributed by atoms with Crippen molar-refractivity contribution >= 4 is 45.7 Å². The van der Waals surface area contributed by atoms with Gasteiger partial charge in [0.05, 0.1) is 18.9 Å². The molecule has 8 nitrogen and oxygen atoms in total. The summed E-state index contributed by atoms with van der Waals surface area (Å²) >= 11 is 2.01. The number of carbonyl (C=O) groups is 1. The summed E-state index contributed by atoms with van der Waals surface area (Å²) in [7, 11) is 0. The van der Waals surface area contributed by atoms with Gasteiger partial charge < -0.3 is 10.4 Å². The maximum Gasteiger partial charge on any atom is 0.297 e. The van der Waals surface area contributed by atoms with Crippen LogP contribution in [0.5, 0.6) is 0 Å². The van der Waals surface area contributed by atoms with Gasteiger partial charge in [0.1, 0.15) is 23.6 Å². The van der Waals surface area contributed by atoms with Crippen LogP contribution in [0.1, 0.15) is 10.5 Å². The molecule has 1 amide bonds. The Kier molecular flexibility index (Phi) is 5.40. The number of aromatic nitrogens is 3. The van der Waals surface area contributed by atoms with E-state index >= 15 is 0 Å². The Morgan fingerprint density at radius 3 is 3.00 bits per heavy atom. The van der Waals surface area contributed by atoms with E-state index in [4.69, 9.17) is 9.94 Å². The first-order chi connectivity index (χ1) is 12.1. The molecule has 0 saturated carbocycles. The Bertz CT molecular complexity index is 917. The third-order valence-corrected chi connectivity index (χ3v) is 3.86. The monoisotopic (exact) mass is 457 g/mol. The van der Waals surface area contributed by atoms with E-state index in [2.05, 4.69) is 20.8 Å².